The van der Waals surface area contributed by atoms with Crippen molar-refractivity contribution in [2.75, 3.05) is 0 Å². The van der Waals surface area contributed by atoms with E-state index in [2.05, 4.69) is 4.74 Å². The normalized spacial score (nSPS) is 14.6. The summed E-state index contributed by atoms with van der Waals surface area (Å²) in [5.74, 6) is -0.714. The summed E-state index contributed by atoms with van der Waals surface area (Å²) in [5, 5.41) is 8.05. The van der Waals surface area contributed by atoms with Gasteiger partial charge in [-0.25, -0.2) is 9.59 Å². The molecule has 11 heavy (non-hydrogen) atoms. The second kappa shape index (κ2) is 2.74. The van der Waals surface area contributed by atoms with Gasteiger partial charge in [0.2, 0.25) is 0 Å². The minimum Gasteiger partial charge on any atom is -0.449 e. The zero-order chi connectivity index (χ0) is 8.43. The number of carbonyl (C=O) groups excluding carboxylic acids is 1. The van der Waals surface area contributed by atoms with Crippen molar-refractivity contribution >= 4 is 12.1 Å². The number of hydrogen-bond acceptors (Lipinski definition) is 3. The molecule has 0 bridgehead atoms. The van der Waals surface area contributed by atoms with Crippen molar-refractivity contribution in [1.82, 2.24) is 0 Å². The third kappa shape index (κ3) is 1.80. The SMILES string of the molecule is CCC1=C(C(=O)OC(=O)O)C1. The molecule has 1 aliphatic carbocycles. The Morgan fingerprint density at radius 2 is 2.27 bits per heavy atom. The average molecular weight is 156 g/mol. The molecule has 0 radical (unpaired) electrons. The highest BCUT2D eigenvalue weighted by atomic mass is 16.7. The van der Waals surface area contributed by atoms with Crippen molar-refractivity contribution in [3.63, 3.8) is 0 Å². The molecular weight excluding hydrogens is 148 g/mol. The van der Waals surface area contributed by atoms with Crippen LogP contribution in [0.4, 0.5) is 4.79 Å². The van der Waals surface area contributed by atoms with Crippen molar-refractivity contribution in [2.45, 2.75) is 19.8 Å². The summed E-state index contributed by atoms with van der Waals surface area (Å²) >= 11 is 0. The van der Waals surface area contributed by atoms with Crippen LogP contribution in [0, 0.1) is 0 Å². The number of rotatable bonds is 2. The van der Waals surface area contributed by atoms with Crippen molar-refractivity contribution in [3.05, 3.63) is 11.1 Å². The molecule has 0 saturated heterocycles. The van der Waals surface area contributed by atoms with Gasteiger partial charge in [0.15, 0.2) is 0 Å². The zero-order valence-corrected chi connectivity index (χ0v) is 6.09. The molecular formula is C7H8O4. The fourth-order valence-corrected chi connectivity index (χ4v) is 0.865. The summed E-state index contributed by atoms with van der Waals surface area (Å²) in [4.78, 5) is 20.6. The number of carboxylic acid groups (broad SMARTS) is 1. The molecule has 4 nitrogen and oxygen atoms in total. The van der Waals surface area contributed by atoms with Gasteiger partial charge in [-0.3, -0.25) is 0 Å². The predicted octanol–water partition coefficient (Wildman–Crippen LogP) is 1.32. The molecule has 4 heteroatoms. The lowest BCUT2D eigenvalue weighted by Gasteiger charge is -1.89. The topological polar surface area (TPSA) is 63.6 Å². The lowest BCUT2D eigenvalue weighted by molar-refractivity contribution is -0.134. The molecule has 0 aliphatic heterocycles. The Morgan fingerprint density at radius 1 is 1.64 bits per heavy atom. The first-order valence-electron chi connectivity index (χ1n) is 3.31. The Kier molecular flexibility index (Phi) is 1.94. The van der Waals surface area contributed by atoms with Crippen LogP contribution in [0.2, 0.25) is 0 Å². The van der Waals surface area contributed by atoms with E-state index in [0.29, 0.717) is 12.0 Å². The second-order valence-electron chi connectivity index (χ2n) is 2.27. The molecule has 0 aromatic heterocycles. The quantitative estimate of drug-likeness (QED) is 0.483. The van der Waals surface area contributed by atoms with Crippen molar-refractivity contribution in [3.8, 4) is 0 Å². The van der Waals surface area contributed by atoms with Gasteiger partial charge >= 0.3 is 12.1 Å². The van der Waals surface area contributed by atoms with Crippen LogP contribution >= 0.6 is 0 Å². The molecule has 0 heterocycles. The molecule has 0 aromatic rings. The van der Waals surface area contributed by atoms with Crippen molar-refractivity contribution in [1.29, 1.82) is 0 Å². The van der Waals surface area contributed by atoms with Crippen molar-refractivity contribution < 1.29 is 19.4 Å². The minimum absolute atomic E-state index is 0.523. The van der Waals surface area contributed by atoms with Crippen molar-refractivity contribution in [2.24, 2.45) is 0 Å². The largest absolute Gasteiger partial charge is 0.513 e. The molecule has 1 rings (SSSR count). The molecule has 1 aliphatic rings. The van der Waals surface area contributed by atoms with Gasteiger partial charge in [0.05, 0.1) is 0 Å². The fourth-order valence-electron chi connectivity index (χ4n) is 0.865. The minimum atomic E-state index is -1.54. The smallest absolute Gasteiger partial charge is 0.449 e. The van der Waals surface area contributed by atoms with Crippen LogP contribution in [0.15, 0.2) is 11.1 Å². The molecule has 60 valence electrons. The van der Waals surface area contributed by atoms with E-state index in [-0.39, 0.29) is 0 Å². The summed E-state index contributed by atoms with van der Waals surface area (Å²) in [6.45, 7) is 1.91. The molecule has 0 amide bonds. The first-order valence-corrected chi connectivity index (χ1v) is 3.31. The Balaban J connectivity index is 2.45. The number of hydrogen-bond donors (Lipinski definition) is 1. The predicted molar refractivity (Wildman–Crippen MR) is 36.1 cm³/mol. The molecule has 1 N–H and O–H groups in total. The molecule has 0 fully saturated rings. The Hall–Kier alpha value is -1.32. The second-order valence-corrected chi connectivity index (χ2v) is 2.27. The van der Waals surface area contributed by atoms with Gasteiger partial charge in [0.25, 0.3) is 0 Å². The lowest BCUT2D eigenvalue weighted by atomic mass is 10.4. The monoisotopic (exact) mass is 156 g/mol. The maximum Gasteiger partial charge on any atom is 0.513 e. The van der Waals surface area contributed by atoms with Gasteiger partial charge in [-0.1, -0.05) is 12.5 Å². The number of carbonyl (C=O) groups is 2. The van der Waals surface area contributed by atoms with Gasteiger partial charge < -0.3 is 9.84 Å². The first kappa shape index (κ1) is 7.78. The third-order valence-corrected chi connectivity index (χ3v) is 1.55. The van der Waals surface area contributed by atoms with Crippen LogP contribution in [0.1, 0.15) is 19.8 Å². The van der Waals surface area contributed by atoms with Gasteiger partial charge in [0.1, 0.15) is 0 Å². The van der Waals surface area contributed by atoms with E-state index in [1.54, 1.807) is 0 Å². The maximum atomic E-state index is 10.7. The maximum absolute atomic E-state index is 10.7. The summed E-state index contributed by atoms with van der Waals surface area (Å²) in [7, 11) is 0. The van der Waals surface area contributed by atoms with Crippen LogP contribution in [0.25, 0.3) is 0 Å². The highest BCUT2D eigenvalue weighted by molar-refractivity contribution is 5.99. The van der Waals surface area contributed by atoms with Crippen LogP contribution in [-0.4, -0.2) is 17.2 Å². The van der Waals surface area contributed by atoms with Crippen LogP contribution in [0.3, 0.4) is 0 Å². The Bertz CT molecular complexity index is 239. The fraction of sp³-hybridized carbons (Fsp3) is 0.429. The van der Waals surface area contributed by atoms with E-state index in [1.807, 2.05) is 6.92 Å². The summed E-state index contributed by atoms with van der Waals surface area (Å²) in [6.07, 6.45) is -0.128. The van der Waals surface area contributed by atoms with E-state index in [4.69, 9.17) is 5.11 Å². The van der Waals surface area contributed by atoms with Gasteiger partial charge in [-0.2, -0.15) is 0 Å². The van der Waals surface area contributed by atoms with Gasteiger partial charge in [0, 0.05) is 12.0 Å². The molecule has 0 spiro atoms. The highest BCUT2D eigenvalue weighted by Gasteiger charge is 2.29. The molecule has 0 saturated carbocycles. The first-order chi connectivity index (χ1) is 5.15. The number of ether oxygens (including phenoxy) is 1. The van der Waals surface area contributed by atoms with E-state index in [1.165, 1.54) is 0 Å². The number of allylic oxidation sites excluding steroid dienone is 1. The van der Waals surface area contributed by atoms with E-state index in [0.717, 1.165) is 12.0 Å². The van der Waals surface area contributed by atoms with E-state index in [9.17, 15) is 9.59 Å². The summed E-state index contributed by atoms with van der Waals surface area (Å²) < 4.78 is 3.93. The molecule has 0 aromatic carbocycles. The average Bonchev–Trinajstić information content (AvgIpc) is 2.63. The molecule has 0 unspecified atom stereocenters. The van der Waals surface area contributed by atoms with Gasteiger partial charge in [-0.05, 0) is 6.42 Å². The van der Waals surface area contributed by atoms with E-state index < -0.39 is 12.1 Å². The Labute approximate surface area is 63.5 Å². The standard InChI is InChI=1S/C7H8O4/c1-2-4-3-5(4)6(8)11-7(9)10/h2-3H2,1H3,(H,9,10). The van der Waals surface area contributed by atoms with Crippen LogP contribution < -0.4 is 0 Å². The Morgan fingerprint density at radius 3 is 2.64 bits per heavy atom. The summed E-state index contributed by atoms with van der Waals surface area (Å²) in [6, 6.07) is 0. The molecule has 0 atom stereocenters. The highest BCUT2D eigenvalue weighted by Crippen LogP contribution is 2.34. The number of esters is 1. The van der Waals surface area contributed by atoms with E-state index >= 15 is 0 Å². The zero-order valence-electron chi connectivity index (χ0n) is 6.09. The van der Waals surface area contributed by atoms with Crippen LogP contribution in [0.5, 0.6) is 0 Å². The third-order valence-electron chi connectivity index (χ3n) is 1.55. The van der Waals surface area contributed by atoms with Gasteiger partial charge in [-0.15, -0.1) is 0 Å². The van der Waals surface area contributed by atoms with Crippen LogP contribution in [-0.2, 0) is 9.53 Å². The summed E-state index contributed by atoms with van der Waals surface area (Å²) in [5.41, 5.74) is 1.52. The lowest BCUT2D eigenvalue weighted by Crippen LogP contribution is -2.07.